The van der Waals surface area contributed by atoms with E-state index in [2.05, 4.69) is 0 Å². The van der Waals surface area contributed by atoms with Gasteiger partial charge in [-0.25, -0.2) is 4.39 Å². The Kier molecular flexibility index (Phi) is 4.46. The molecule has 0 saturated carbocycles. The van der Waals surface area contributed by atoms with Gasteiger partial charge in [0.1, 0.15) is 11.9 Å². The van der Waals surface area contributed by atoms with Crippen LogP contribution >= 0.6 is 0 Å². The number of benzene rings is 1. The SMILES string of the molecule is NC(=O)CC(O)C(O)c1cc(F)cc(F)c1[N+](=O)[O-]. The minimum Gasteiger partial charge on any atom is -0.390 e. The molecule has 0 aliphatic rings. The maximum absolute atomic E-state index is 13.3. The number of aliphatic hydroxyl groups excluding tert-OH is 2. The summed E-state index contributed by atoms with van der Waals surface area (Å²) in [5.74, 6) is -3.64. The molecule has 1 rings (SSSR count). The third-order valence-electron chi connectivity index (χ3n) is 2.33. The first-order valence-corrected chi connectivity index (χ1v) is 5.01. The minimum atomic E-state index is -2.02. The van der Waals surface area contributed by atoms with Crippen molar-refractivity contribution in [3.8, 4) is 0 Å². The van der Waals surface area contributed by atoms with E-state index in [9.17, 15) is 33.9 Å². The standard InChI is InChI=1S/C10H10F2N2O5/c11-4-1-5(9(14(18)19)6(12)2-4)10(17)7(15)3-8(13)16/h1-2,7,10,15,17H,3H2,(H2,13,16). The summed E-state index contributed by atoms with van der Waals surface area (Å²) in [6.07, 6.45) is -4.54. The van der Waals surface area contributed by atoms with Gasteiger partial charge in [-0.2, -0.15) is 4.39 Å². The molecule has 0 aliphatic carbocycles. The molecule has 0 saturated heterocycles. The van der Waals surface area contributed by atoms with Gasteiger partial charge in [-0.1, -0.05) is 0 Å². The predicted octanol–water partition coefficient (Wildman–Crippen LogP) is 0.143. The average Bonchev–Trinajstić information content (AvgIpc) is 2.25. The quantitative estimate of drug-likeness (QED) is 0.521. The molecule has 1 aromatic rings. The lowest BCUT2D eigenvalue weighted by Crippen LogP contribution is -2.26. The van der Waals surface area contributed by atoms with Crippen molar-refractivity contribution in [1.82, 2.24) is 0 Å². The number of rotatable bonds is 5. The summed E-state index contributed by atoms with van der Waals surface area (Å²) in [6.45, 7) is 0. The van der Waals surface area contributed by atoms with Crippen molar-refractivity contribution in [2.45, 2.75) is 18.6 Å². The molecule has 0 radical (unpaired) electrons. The number of carbonyl (C=O) groups is 1. The zero-order valence-electron chi connectivity index (χ0n) is 9.42. The predicted molar refractivity (Wildman–Crippen MR) is 57.8 cm³/mol. The third kappa shape index (κ3) is 3.42. The van der Waals surface area contributed by atoms with E-state index < -0.39 is 52.3 Å². The van der Waals surface area contributed by atoms with Crippen LogP contribution in [-0.2, 0) is 4.79 Å². The van der Waals surface area contributed by atoms with Crippen LogP contribution in [0.1, 0.15) is 18.1 Å². The number of nitro benzene ring substituents is 1. The van der Waals surface area contributed by atoms with Crippen LogP contribution in [0.3, 0.4) is 0 Å². The number of nitrogens with zero attached hydrogens (tertiary/aromatic N) is 1. The van der Waals surface area contributed by atoms with E-state index in [0.717, 1.165) is 0 Å². The molecule has 2 atom stereocenters. The summed E-state index contributed by atoms with van der Waals surface area (Å²) in [5.41, 5.74) is 2.84. The topological polar surface area (TPSA) is 127 Å². The maximum Gasteiger partial charge on any atom is 0.310 e. The molecule has 104 valence electrons. The molecule has 7 nitrogen and oxygen atoms in total. The Morgan fingerprint density at radius 3 is 2.47 bits per heavy atom. The highest BCUT2D eigenvalue weighted by atomic mass is 19.1. The number of carbonyl (C=O) groups excluding carboxylic acids is 1. The molecule has 1 aromatic carbocycles. The van der Waals surface area contributed by atoms with E-state index in [1.165, 1.54) is 0 Å². The van der Waals surface area contributed by atoms with Crippen molar-refractivity contribution in [1.29, 1.82) is 0 Å². The summed E-state index contributed by atoms with van der Waals surface area (Å²) in [4.78, 5) is 20.1. The molecule has 2 unspecified atom stereocenters. The number of hydrogen-bond donors (Lipinski definition) is 3. The lowest BCUT2D eigenvalue weighted by atomic mass is 9.99. The number of amides is 1. The smallest absolute Gasteiger partial charge is 0.310 e. The van der Waals surface area contributed by atoms with Crippen LogP contribution in [0.4, 0.5) is 14.5 Å². The number of hydrogen-bond acceptors (Lipinski definition) is 5. The second-order valence-corrected chi connectivity index (χ2v) is 3.77. The molecule has 4 N–H and O–H groups in total. The highest BCUT2D eigenvalue weighted by molar-refractivity contribution is 5.74. The zero-order chi connectivity index (χ0) is 14.7. The van der Waals surface area contributed by atoms with Crippen molar-refractivity contribution < 1.29 is 28.7 Å². The van der Waals surface area contributed by atoms with Gasteiger partial charge < -0.3 is 15.9 Å². The van der Waals surface area contributed by atoms with Crippen molar-refractivity contribution in [2.75, 3.05) is 0 Å². The molecule has 0 heterocycles. The summed E-state index contributed by atoms with van der Waals surface area (Å²) < 4.78 is 26.3. The maximum atomic E-state index is 13.3. The Labute approximate surface area is 105 Å². The van der Waals surface area contributed by atoms with E-state index >= 15 is 0 Å². The van der Waals surface area contributed by atoms with E-state index in [1.54, 1.807) is 0 Å². The Hall–Kier alpha value is -2.13. The van der Waals surface area contributed by atoms with Crippen LogP contribution in [-0.4, -0.2) is 27.1 Å². The van der Waals surface area contributed by atoms with E-state index in [-0.39, 0.29) is 6.07 Å². The van der Waals surface area contributed by atoms with Crippen LogP contribution in [0.5, 0.6) is 0 Å². The van der Waals surface area contributed by atoms with Crippen molar-refractivity contribution in [2.24, 2.45) is 5.73 Å². The highest BCUT2D eigenvalue weighted by Crippen LogP contribution is 2.31. The van der Waals surface area contributed by atoms with Crippen LogP contribution in [0.25, 0.3) is 0 Å². The highest BCUT2D eigenvalue weighted by Gasteiger charge is 2.31. The monoisotopic (exact) mass is 276 g/mol. The fraction of sp³-hybridized carbons (Fsp3) is 0.300. The fourth-order valence-electron chi connectivity index (χ4n) is 1.53. The van der Waals surface area contributed by atoms with E-state index in [4.69, 9.17) is 5.73 Å². The number of halogens is 2. The molecule has 0 aliphatic heterocycles. The number of nitro groups is 1. The van der Waals surface area contributed by atoms with Gasteiger partial charge in [0, 0.05) is 6.07 Å². The number of primary amides is 1. The van der Waals surface area contributed by atoms with Crippen LogP contribution < -0.4 is 5.73 Å². The first-order chi connectivity index (χ1) is 8.73. The minimum absolute atomic E-state index is 0.273. The Morgan fingerprint density at radius 1 is 1.42 bits per heavy atom. The van der Waals surface area contributed by atoms with Gasteiger partial charge >= 0.3 is 5.69 Å². The van der Waals surface area contributed by atoms with Gasteiger partial charge in [0.25, 0.3) is 0 Å². The summed E-state index contributed by atoms with van der Waals surface area (Å²) in [6, 6.07) is 0.783. The number of nitrogens with two attached hydrogens (primary N) is 1. The lowest BCUT2D eigenvalue weighted by Gasteiger charge is -2.17. The molecule has 1 amide bonds. The molecule has 19 heavy (non-hydrogen) atoms. The average molecular weight is 276 g/mol. The first-order valence-electron chi connectivity index (χ1n) is 5.01. The lowest BCUT2D eigenvalue weighted by molar-refractivity contribution is -0.389. The van der Waals surface area contributed by atoms with Gasteiger partial charge in [0.2, 0.25) is 11.7 Å². The van der Waals surface area contributed by atoms with Gasteiger partial charge in [-0.15, -0.1) is 0 Å². The van der Waals surface area contributed by atoms with E-state index in [0.29, 0.717) is 6.07 Å². The Bertz CT molecular complexity index is 523. The second kappa shape index (κ2) is 5.67. The Morgan fingerprint density at radius 2 is 2.00 bits per heavy atom. The fourth-order valence-corrected chi connectivity index (χ4v) is 1.53. The molecule has 0 spiro atoms. The first kappa shape index (κ1) is 14.9. The summed E-state index contributed by atoms with van der Waals surface area (Å²) >= 11 is 0. The van der Waals surface area contributed by atoms with Crippen LogP contribution in [0.2, 0.25) is 0 Å². The molecular weight excluding hydrogens is 266 g/mol. The van der Waals surface area contributed by atoms with Crippen molar-refractivity contribution in [3.05, 3.63) is 39.4 Å². The molecule has 9 heteroatoms. The number of aliphatic hydroxyl groups is 2. The molecular formula is C10H10F2N2O5. The van der Waals surface area contributed by atoms with E-state index in [1.807, 2.05) is 0 Å². The summed E-state index contributed by atoms with van der Waals surface area (Å²) in [5, 5.41) is 29.7. The van der Waals surface area contributed by atoms with Gasteiger partial charge in [0.05, 0.1) is 23.0 Å². The second-order valence-electron chi connectivity index (χ2n) is 3.77. The largest absolute Gasteiger partial charge is 0.390 e. The zero-order valence-corrected chi connectivity index (χ0v) is 9.42. The van der Waals surface area contributed by atoms with Crippen LogP contribution in [0, 0.1) is 21.7 Å². The van der Waals surface area contributed by atoms with Crippen molar-refractivity contribution in [3.63, 3.8) is 0 Å². The van der Waals surface area contributed by atoms with Gasteiger partial charge in [-0.05, 0) is 6.07 Å². The molecule has 0 fully saturated rings. The summed E-state index contributed by atoms with van der Waals surface area (Å²) in [7, 11) is 0. The molecule has 0 bridgehead atoms. The molecule has 0 aromatic heterocycles. The third-order valence-corrected chi connectivity index (χ3v) is 2.33. The normalized spacial score (nSPS) is 13.9. The Balaban J connectivity index is 3.24. The van der Waals surface area contributed by atoms with Gasteiger partial charge in [-0.3, -0.25) is 14.9 Å². The van der Waals surface area contributed by atoms with Crippen LogP contribution in [0.15, 0.2) is 12.1 Å². The van der Waals surface area contributed by atoms with Gasteiger partial charge in [0.15, 0.2) is 0 Å². The van der Waals surface area contributed by atoms with Crippen molar-refractivity contribution >= 4 is 11.6 Å².